The molecular weight excluding hydrogens is 156 g/mol. The zero-order chi connectivity index (χ0) is 6.73. The normalized spacial score (nSPS) is 8.22. The summed E-state index contributed by atoms with van der Waals surface area (Å²) in [5.41, 5.74) is 0. The summed E-state index contributed by atoms with van der Waals surface area (Å²) in [5, 5.41) is 23.4. The number of carbonyl (C=O) groups is 2. The molecule has 0 saturated heterocycles. The molecule has 0 atom stereocenters. The maximum absolute atomic E-state index is 9.51. The van der Waals surface area contributed by atoms with Crippen molar-refractivity contribution in [1.82, 2.24) is 0 Å². The zero-order valence-electron chi connectivity index (χ0n) is 3.74. The number of aliphatic hydroxyl groups excluding tert-OH is 1. The Morgan fingerprint density at radius 3 is 1.33 bits per heavy atom. The molecule has 9 heavy (non-hydrogen) atoms. The van der Waals surface area contributed by atoms with Crippen LogP contribution in [0.1, 0.15) is 0 Å². The molecule has 0 unspecified atom stereocenters. The van der Waals surface area contributed by atoms with E-state index in [0.29, 0.717) is 0 Å². The van der Waals surface area contributed by atoms with Crippen LogP contribution in [0.4, 0.5) is 0 Å². The van der Waals surface area contributed by atoms with E-state index >= 15 is 0 Å². The molecule has 0 aliphatic heterocycles. The molecule has 3 N–H and O–H groups in total. The molecule has 0 aromatic heterocycles. The summed E-state index contributed by atoms with van der Waals surface area (Å²) < 4.78 is 0. The van der Waals surface area contributed by atoms with Crippen LogP contribution in [-0.4, -0.2) is 71.1 Å². The van der Waals surface area contributed by atoms with Crippen molar-refractivity contribution in [2.75, 3.05) is 0 Å². The van der Waals surface area contributed by atoms with E-state index in [9.17, 15) is 9.59 Å². The first-order valence-electron chi connectivity index (χ1n) is 1.69. The van der Waals surface area contributed by atoms with Gasteiger partial charge in [-0.05, 0) is 0 Å². The summed E-state index contributed by atoms with van der Waals surface area (Å²) in [5.74, 6) is -3.50. The average molecular weight is 162 g/mol. The SMILES string of the molecule is O=C(O)C(O)C(=O)O.[CaH2]. The van der Waals surface area contributed by atoms with E-state index in [2.05, 4.69) is 0 Å². The Morgan fingerprint density at radius 1 is 1.11 bits per heavy atom. The molecule has 0 heterocycles. The van der Waals surface area contributed by atoms with Gasteiger partial charge in [-0.3, -0.25) is 0 Å². The van der Waals surface area contributed by atoms with Gasteiger partial charge in [0.1, 0.15) is 0 Å². The Labute approximate surface area is 80.3 Å². The zero-order valence-corrected chi connectivity index (χ0v) is 3.74. The summed E-state index contributed by atoms with van der Waals surface area (Å²) in [6.07, 6.45) is -2.30. The molecule has 5 nitrogen and oxygen atoms in total. The number of hydrogen-bond acceptors (Lipinski definition) is 3. The third kappa shape index (κ3) is 4.65. The molecule has 0 saturated carbocycles. The molecule has 0 aromatic rings. The van der Waals surface area contributed by atoms with Crippen LogP contribution in [0.5, 0.6) is 0 Å². The molecule has 0 aliphatic rings. The standard InChI is InChI=1S/C3H4O5.Ca.2H/c4-1(2(5)6)3(7)8;;;/h1,4H,(H,5,6)(H,7,8);;;. The van der Waals surface area contributed by atoms with Gasteiger partial charge in [0.2, 0.25) is 6.10 Å². The molecule has 0 amide bonds. The summed E-state index contributed by atoms with van der Waals surface area (Å²) in [6, 6.07) is 0. The van der Waals surface area contributed by atoms with Gasteiger partial charge in [-0.2, -0.15) is 0 Å². The monoisotopic (exact) mass is 162 g/mol. The predicted octanol–water partition coefficient (Wildman–Crippen LogP) is -2.40. The second-order valence-corrected chi connectivity index (χ2v) is 1.08. The van der Waals surface area contributed by atoms with Crippen molar-refractivity contribution >= 4 is 49.7 Å². The minimum absolute atomic E-state index is 0. The summed E-state index contributed by atoms with van der Waals surface area (Å²) in [7, 11) is 0. The molecule has 0 aromatic carbocycles. The molecule has 6 heteroatoms. The second kappa shape index (κ2) is 4.99. The van der Waals surface area contributed by atoms with Gasteiger partial charge < -0.3 is 15.3 Å². The van der Waals surface area contributed by atoms with Crippen LogP contribution in [0, 0.1) is 0 Å². The molecular formula is C3H6CaO5. The molecule has 0 radical (unpaired) electrons. The molecule has 0 spiro atoms. The van der Waals surface area contributed by atoms with E-state index in [-0.39, 0.29) is 37.7 Å². The fraction of sp³-hybridized carbons (Fsp3) is 0.333. The van der Waals surface area contributed by atoms with Crippen molar-refractivity contribution in [2.45, 2.75) is 6.10 Å². The average Bonchev–Trinajstić information content (AvgIpc) is 1.64. The molecule has 0 aliphatic carbocycles. The fourth-order valence-corrected chi connectivity index (χ4v) is 0.106. The number of carboxylic acid groups (broad SMARTS) is 2. The van der Waals surface area contributed by atoms with Crippen LogP contribution < -0.4 is 0 Å². The van der Waals surface area contributed by atoms with E-state index in [1.165, 1.54) is 0 Å². The van der Waals surface area contributed by atoms with Crippen molar-refractivity contribution in [1.29, 1.82) is 0 Å². The maximum atomic E-state index is 9.51. The molecule has 0 bridgehead atoms. The summed E-state index contributed by atoms with van der Waals surface area (Å²) >= 11 is 0. The predicted molar refractivity (Wildman–Crippen MR) is 29.8 cm³/mol. The first kappa shape index (κ1) is 11.9. The first-order chi connectivity index (χ1) is 3.55. The van der Waals surface area contributed by atoms with Gasteiger partial charge in [0, 0.05) is 0 Å². The molecule has 0 fully saturated rings. The Morgan fingerprint density at radius 2 is 1.33 bits per heavy atom. The van der Waals surface area contributed by atoms with Crippen molar-refractivity contribution in [3.05, 3.63) is 0 Å². The van der Waals surface area contributed by atoms with Crippen LogP contribution in [-0.2, 0) is 9.59 Å². The third-order valence-electron chi connectivity index (χ3n) is 0.468. The van der Waals surface area contributed by atoms with Crippen LogP contribution in [0.2, 0.25) is 0 Å². The number of carboxylic acids is 2. The molecule has 0 rings (SSSR count). The van der Waals surface area contributed by atoms with Gasteiger partial charge in [0.25, 0.3) is 0 Å². The quantitative estimate of drug-likeness (QED) is 0.311. The topological polar surface area (TPSA) is 94.8 Å². The fourth-order valence-electron chi connectivity index (χ4n) is 0.106. The van der Waals surface area contributed by atoms with Gasteiger partial charge in [0.15, 0.2) is 0 Å². The second-order valence-electron chi connectivity index (χ2n) is 1.08. The van der Waals surface area contributed by atoms with Gasteiger partial charge in [0.05, 0.1) is 0 Å². The minimum atomic E-state index is -2.30. The van der Waals surface area contributed by atoms with E-state index in [4.69, 9.17) is 15.3 Å². The number of aliphatic carboxylic acids is 2. The van der Waals surface area contributed by atoms with Crippen molar-refractivity contribution < 1.29 is 24.9 Å². The van der Waals surface area contributed by atoms with Gasteiger partial charge in [-0.25, -0.2) is 9.59 Å². The van der Waals surface area contributed by atoms with Gasteiger partial charge in [-0.1, -0.05) is 0 Å². The first-order valence-corrected chi connectivity index (χ1v) is 1.69. The Hall–Kier alpha value is 0.160. The summed E-state index contributed by atoms with van der Waals surface area (Å²) in [6.45, 7) is 0. The number of aliphatic hydroxyl groups is 1. The Kier molecular flexibility index (Phi) is 6.59. The van der Waals surface area contributed by atoms with Crippen LogP contribution in [0.3, 0.4) is 0 Å². The van der Waals surface area contributed by atoms with Crippen molar-refractivity contribution in [3.8, 4) is 0 Å². The van der Waals surface area contributed by atoms with E-state index < -0.39 is 18.0 Å². The van der Waals surface area contributed by atoms with E-state index in [0.717, 1.165) is 0 Å². The van der Waals surface area contributed by atoms with Gasteiger partial charge >= 0.3 is 49.7 Å². The van der Waals surface area contributed by atoms with Crippen LogP contribution in [0.15, 0.2) is 0 Å². The third-order valence-corrected chi connectivity index (χ3v) is 0.468. The van der Waals surface area contributed by atoms with E-state index in [1.54, 1.807) is 0 Å². The van der Waals surface area contributed by atoms with Crippen LogP contribution in [0.25, 0.3) is 0 Å². The van der Waals surface area contributed by atoms with Crippen molar-refractivity contribution in [2.24, 2.45) is 0 Å². The van der Waals surface area contributed by atoms with Crippen LogP contribution >= 0.6 is 0 Å². The molecule has 50 valence electrons. The summed E-state index contributed by atoms with van der Waals surface area (Å²) in [4.78, 5) is 19.0. The Balaban J connectivity index is 0. The number of hydrogen-bond donors (Lipinski definition) is 3. The van der Waals surface area contributed by atoms with Gasteiger partial charge in [-0.15, -0.1) is 0 Å². The van der Waals surface area contributed by atoms with E-state index in [1.807, 2.05) is 0 Å². The van der Waals surface area contributed by atoms with Crippen molar-refractivity contribution in [3.63, 3.8) is 0 Å². The Bertz CT molecular complexity index is 107. The number of rotatable bonds is 2.